The highest BCUT2D eigenvalue weighted by molar-refractivity contribution is 9.10. The van der Waals surface area contributed by atoms with Crippen LogP contribution in [0.1, 0.15) is 45.2 Å². The van der Waals surface area contributed by atoms with Gasteiger partial charge in [0.05, 0.1) is 5.02 Å². The van der Waals surface area contributed by atoms with Gasteiger partial charge in [-0.05, 0) is 46.1 Å². The van der Waals surface area contributed by atoms with Crippen molar-refractivity contribution < 1.29 is 0 Å². The Kier molecular flexibility index (Phi) is 8.11. The number of rotatable bonds is 8. The molecule has 20 heavy (non-hydrogen) atoms. The van der Waals surface area contributed by atoms with Crippen molar-refractivity contribution in [1.29, 1.82) is 0 Å². The number of likely N-dealkylation sites (N-methyl/N-ethyl adjacent to an activating group) is 1. The zero-order valence-corrected chi connectivity index (χ0v) is 15.0. The first kappa shape index (κ1) is 18.0. The van der Waals surface area contributed by atoms with Crippen molar-refractivity contribution in [1.82, 2.24) is 4.90 Å². The van der Waals surface area contributed by atoms with Crippen molar-refractivity contribution in [2.24, 2.45) is 11.7 Å². The molecule has 0 heterocycles. The van der Waals surface area contributed by atoms with E-state index < -0.39 is 0 Å². The number of hydrogen-bond acceptors (Lipinski definition) is 2. The number of benzene rings is 1. The van der Waals surface area contributed by atoms with Crippen LogP contribution in [0.5, 0.6) is 0 Å². The second-order valence-corrected chi connectivity index (χ2v) is 6.46. The summed E-state index contributed by atoms with van der Waals surface area (Å²) in [6, 6.07) is 6.37. The van der Waals surface area contributed by atoms with Crippen molar-refractivity contribution in [3.05, 3.63) is 33.3 Å². The van der Waals surface area contributed by atoms with Crippen LogP contribution in [-0.4, -0.2) is 24.5 Å². The van der Waals surface area contributed by atoms with Gasteiger partial charge in [0.15, 0.2) is 0 Å². The molecule has 0 amide bonds. The van der Waals surface area contributed by atoms with Crippen LogP contribution in [0.15, 0.2) is 22.7 Å². The third kappa shape index (κ3) is 4.73. The largest absolute Gasteiger partial charge is 0.329 e. The van der Waals surface area contributed by atoms with E-state index in [0.29, 0.717) is 6.54 Å². The maximum Gasteiger partial charge on any atom is 0.0548 e. The van der Waals surface area contributed by atoms with E-state index in [2.05, 4.69) is 53.7 Å². The molecule has 0 bridgehead atoms. The summed E-state index contributed by atoms with van der Waals surface area (Å²) in [5, 5.41) is 0.743. The highest BCUT2D eigenvalue weighted by Crippen LogP contribution is 2.29. The smallest absolute Gasteiger partial charge is 0.0548 e. The Morgan fingerprint density at radius 1 is 1.25 bits per heavy atom. The molecule has 0 saturated heterocycles. The van der Waals surface area contributed by atoms with Gasteiger partial charge in [-0.15, -0.1) is 0 Å². The third-order valence-corrected chi connectivity index (χ3v) is 5.26. The summed E-state index contributed by atoms with van der Waals surface area (Å²) >= 11 is 9.58. The summed E-state index contributed by atoms with van der Waals surface area (Å²) in [7, 11) is 0. The monoisotopic (exact) mass is 360 g/mol. The highest BCUT2D eigenvalue weighted by Gasteiger charge is 2.20. The fourth-order valence-corrected chi connectivity index (χ4v) is 3.08. The van der Waals surface area contributed by atoms with E-state index in [0.717, 1.165) is 28.5 Å². The average molecular weight is 362 g/mol. The van der Waals surface area contributed by atoms with Crippen molar-refractivity contribution in [3.63, 3.8) is 0 Å². The maximum absolute atomic E-state index is 6.08. The Hall–Kier alpha value is -0.0900. The van der Waals surface area contributed by atoms with Gasteiger partial charge in [0.1, 0.15) is 0 Å². The Bertz CT molecular complexity index is 407. The van der Waals surface area contributed by atoms with Gasteiger partial charge in [-0.2, -0.15) is 0 Å². The number of nitrogens with zero attached hydrogens (tertiary/aromatic N) is 1. The SMILES string of the molecule is CCC(CC)CN(CC)C(CN)c1ccc(Cl)c(Br)c1. The summed E-state index contributed by atoms with van der Waals surface area (Å²) in [5.74, 6) is 0.736. The summed E-state index contributed by atoms with van der Waals surface area (Å²) in [5.41, 5.74) is 7.27. The van der Waals surface area contributed by atoms with E-state index in [1.165, 1.54) is 18.4 Å². The highest BCUT2D eigenvalue weighted by atomic mass is 79.9. The van der Waals surface area contributed by atoms with Crippen LogP contribution in [0.25, 0.3) is 0 Å². The molecule has 1 aromatic carbocycles. The van der Waals surface area contributed by atoms with Crippen LogP contribution in [0.4, 0.5) is 0 Å². The first-order chi connectivity index (χ1) is 9.57. The van der Waals surface area contributed by atoms with Crippen molar-refractivity contribution in [3.8, 4) is 0 Å². The molecule has 0 radical (unpaired) electrons. The molecule has 0 spiro atoms. The zero-order chi connectivity index (χ0) is 15.1. The quantitative estimate of drug-likeness (QED) is 0.716. The molecule has 0 aliphatic heterocycles. The lowest BCUT2D eigenvalue weighted by molar-refractivity contribution is 0.174. The molecule has 0 aliphatic carbocycles. The van der Waals surface area contributed by atoms with Crippen LogP contribution >= 0.6 is 27.5 Å². The minimum atomic E-state index is 0.258. The van der Waals surface area contributed by atoms with E-state index in [1.807, 2.05) is 6.07 Å². The number of nitrogens with two attached hydrogens (primary N) is 1. The predicted octanol–water partition coefficient (Wildman–Crippen LogP) is 4.86. The molecule has 114 valence electrons. The molecule has 2 N–H and O–H groups in total. The van der Waals surface area contributed by atoms with Crippen LogP contribution in [0, 0.1) is 5.92 Å². The molecule has 0 fully saturated rings. The van der Waals surface area contributed by atoms with Crippen molar-refractivity contribution >= 4 is 27.5 Å². The summed E-state index contributed by atoms with van der Waals surface area (Å²) in [6.07, 6.45) is 2.43. The maximum atomic E-state index is 6.08. The molecule has 2 nitrogen and oxygen atoms in total. The standard InChI is InChI=1S/C16H26BrClN2/c1-4-12(5-2)11-20(6-3)16(10-19)13-7-8-15(18)14(17)9-13/h7-9,12,16H,4-6,10-11,19H2,1-3H3. The van der Waals surface area contributed by atoms with E-state index in [1.54, 1.807) is 0 Å². The molecular formula is C16H26BrClN2. The Balaban J connectivity index is 2.93. The molecular weight excluding hydrogens is 336 g/mol. The fraction of sp³-hybridized carbons (Fsp3) is 0.625. The number of hydrogen-bond donors (Lipinski definition) is 1. The Labute approximate surface area is 136 Å². The molecule has 1 rings (SSSR count). The summed E-state index contributed by atoms with van der Waals surface area (Å²) in [4.78, 5) is 2.48. The van der Waals surface area contributed by atoms with Gasteiger partial charge in [-0.3, -0.25) is 4.90 Å². The second kappa shape index (κ2) is 9.04. The van der Waals surface area contributed by atoms with Gasteiger partial charge in [0.25, 0.3) is 0 Å². The van der Waals surface area contributed by atoms with E-state index in [9.17, 15) is 0 Å². The molecule has 1 atom stereocenters. The summed E-state index contributed by atoms with van der Waals surface area (Å²) < 4.78 is 0.939. The zero-order valence-electron chi connectivity index (χ0n) is 12.7. The van der Waals surface area contributed by atoms with Crippen molar-refractivity contribution in [2.45, 2.75) is 39.7 Å². The van der Waals surface area contributed by atoms with Gasteiger partial charge in [-0.1, -0.05) is 51.3 Å². The minimum absolute atomic E-state index is 0.258. The Morgan fingerprint density at radius 2 is 1.90 bits per heavy atom. The molecule has 4 heteroatoms. The molecule has 0 saturated carbocycles. The topological polar surface area (TPSA) is 29.3 Å². The van der Waals surface area contributed by atoms with E-state index in [4.69, 9.17) is 17.3 Å². The van der Waals surface area contributed by atoms with Gasteiger partial charge in [0, 0.05) is 23.6 Å². The predicted molar refractivity (Wildman–Crippen MR) is 92.3 cm³/mol. The lowest BCUT2D eigenvalue weighted by Gasteiger charge is -2.33. The van der Waals surface area contributed by atoms with Crippen LogP contribution in [0.3, 0.4) is 0 Å². The van der Waals surface area contributed by atoms with Crippen LogP contribution in [0.2, 0.25) is 5.02 Å². The fourth-order valence-electron chi connectivity index (χ4n) is 2.57. The molecule has 0 aromatic heterocycles. The Morgan fingerprint density at radius 3 is 2.35 bits per heavy atom. The number of halogens is 2. The van der Waals surface area contributed by atoms with Gasteiger partial charge in [-0.25, -0.2) is 0 Å². The molecule has 1 aromatic rings. The van der Waals surface area contributed by atoms with Crippen molar-refractivity contribution in [2.75, 3.05) is 19.6 Å². The van der Waals surface area contributed by atoms with E-state index >= 15 is 0 Å². The van der Waals surface area contributed by atoms with Crippen LogP contribution in [-0.2, 0) is 0 Å². The van der Waals surface area contributed by atoms with Gasteiger partial charge < -0.3 is 5.73 Å². The first-order valence-electron chi connectivity index (χ1n) is 7.46. The lowest BCUT2D eigenvalue weighted by Crippen LogP contribution is -2.37. The van der Waals surface area contributed by atoms with Crippen LogP contribution < -0.4 is 5.73 Å². The third-order valence-electron chi connectivity index (χ3n) is 4.05. The second-order valence-electron chi connectivity index (χ2n) is 5.20. The van der Waals surface area contributed by atoms with Gasteiger partial charge >= 0.3 is 0 Å². The first-order valence-corrected chi connectivity index (χ1v) is 8.63. The van der Waals surface area contributed by atoms with E-state index in [-0.39, 0.29) is 6.04 Å². The minimum Gasteiger partial charge on any atom is -0.329 e. The normalized spacial score (nSPS) is 13.2. The summed E-state index contributed by atoms with van der Waals surface area (Å²) in [6.45, 7) is 9.47. The lowest BCUT2D eigenvalue weighted by atomic mass is 9.99. The average Bonchev–Trinajstić information content (AvgIpc) is 2.46. The molecule has 1 unspecified atom stereocenters. The molecule has 0 aliphatic rings. The van der Waals surface area contributed by atoms with Gasteiger partial charge in [0.2, 0.25) is 0 Å².